The molecule has 0 amide bonds. The van der Waals surface area contributed by atoms with Crippen LogP contribution in [0.15, 0.2) is 72.8 Å². The molecule has 8 heteroatoms. The number of ketones is 3. The van der Waals surface area contributed by atoms with Gasteiger partial charge in [-0.15, -0.1) is 0 Å². The number of anilines is 1. The van der Waals surface area contributed by atoms with Crippen molar-refractivity contribution < 1.29 is 19.3 Å². The Morgan fingerprint density at radius 1 is 1.00 bits per heavy atom. The molecule has 2 heterocycles. The number of non-ortho nitro benzene ring substituents is 1. The number of halogens is 1. The predicted molar refractivity (Wildman–Crippen MR) is 135 cm³/mol. The second-order valence-electron chi connectivity index (χ2n) is 9.37. The summed E-state index contributed by atoms with van der Waals surface area (Å²) in [5.41, 5.74) is 0.933. The highest BCUT2D eigenvalue weighted by atomic mass is 35.5. The van der Waals surface area contributed by atoms with E-state index in [1.54, 1.807) is 54.6 Å². The number of Topliss-reactive ketones (excluding diaryl/α,β-unsaturated/α-hetero) is 3. The van der Waals surface area contributed by atoms with Crippen LogP contribution in [0.4, 0.5) is 11.4 Å². The molecular weight excluding hydrogens is 480 g/mol. The number of fused-ring (bicyclic) bond motifs is 5. The first-order valence-corrected chi connectivity index (χ1v) is 11.8. The van der Waals surface area contributed by atoms with Crippen molar-refractivity contribution in [3.8, 4) is 0 Å². The van der Waals surface area contributed by atoms with Gasteiger partial charge in [-0.25, -0.2) is 0 Å². The molecule has 36 heavy (non-hydrogen) atoms. The third kappa shape index (κ3) is 2.77. The average Bonchev–Trinajstić information content (AvgIpc) is 3.30. The first-order valence-electron chi connectivity index (χ1n) is 11.5. The van der Waals surface area contributed by atoms with Gasteiger partial charge in [0.15, 0.2) is 17.3 Å². The van der Waals surface area contributed by atoms with E-state index in [4.69, 9.17) is 11.6 Å². The van der Waals surface area contributed by atoms with Crippen LogP contribution >= 0.6 is 11.6 Å². The fourth-order valence-electron chi connectivity index (χ4n) is 6.28. The van der Waals surface area contributed by atoms with Crippen LogP contribution in [-0.2, 0) is 4.79 Å². The Kier molecular flexibility index (Phi) is 4.78. The zero-order valence-electron chi connectivity index (χ0n) is 19.1. The molecule has 0 radical (unpaired) electrons. The van der Waals surface area contributed by atoms with E-state index in [1.807, 2.05) is 17.1 Å². The molecule has 1 saturated heterocycles. The lowest BCUT2D eigenvalue weighted by Crippen LogP contribution is -2.48. The summed E-state index contributed by atoms with van der Waals surface area (Å²) in [5.74, 6) is -1.76. The molecule has 2 aliphatic heterocycles. The summed E-state index contributed by atoms with van der Waals surface area (Å²) in [6.07, 6.45) is 3.64. The fraction of sp³-hybridized carbons (Fsp3) is 0.179. The number of nitro benzene ring substituents is 1. The maximum Gasteiger partial charge on any atom is 0.269 e. The third-order valence-electron chi connectivity index (χ3n) is 7.65. The Bertz CT molecular complexity index is 1490. The van der Waals surface area contributed by atoms with Crippen LogP contribution in [-0.4, -0.2) is 34.4 Å². The second-order valence-corrected chi connectivity index (χ2v) is 9.81. The van der Waals surface area contributed by atoms with E-state index < -0.39 is 28.3 Å². The van der Waals surface area contributed by atoms with E-state index in [0.717, 1.165) is 5.56 Å². The van der Waals surface area contributed by atoms with Gasteiger partial charge in [-0.2, -0.15) is 0 Å². The minimum atomic E-state index is -1.61. The fourth-order valence-corrected chi connectivity index (χ4v) is 6.46. The molecule has 3 aromatic carbocycles. The van der Waals surface area contributed by atoms with Gasteiger partial charge in [-0.3, -0.25) is 24.5 Å². The van der Waals surface area contributed by atoms with E-state index in [0.29, 0.717) is 27.4 Å². The van der Waals surface area contributed by atoms with E-state index in [2.05, 4.69) is 0 Å². The van der Waals surface area contributed by atoms with Crippen molar-refractivity contribution >= 4 is 46.4 Å². The zero-order chi connectivity index (χ0) is 25.4. The van der Waals surface area contributed by atoms with Crippen LogP contribution in [0, 0.1) is 15.5 Å². The monoisotopic (exact) mass is 498 g/mol. The first-order chi connectivity index (χ1) is 17.3. The topological polar surface area (TPSA) is 97.6 Å². The van der Waals surface area contributed by atoms with Crippen LogP contribution in [0.2, 0.25) is 5.02 Å². The number of nitrogens with zero attached hydrogens (tertiary/aromatic N) is 2. The summed E-state index contributed by atoms with van der Waals surface area (Å²) in [4.78, 5) is 54.5. The van der Waals surface area contributed by atoms with Gasteiger partial charge in [0.05, 0.1) is 17.0 Å². The highest BCUT2D eigenvalue weighted by molar-refractivity contribution is 6.32. The van der Waals surface area contributed by atoms with Gasteiger partial charge < -0.3 is 4.90 Å². The molecule has 0 bridgehead atoms. The number of hydrogen-bond donors (Lipinski definition) is 0. The average molecular weight is 499 g/mol. The van der Waals surface area contributed by atoms with Gasteiger partial charge in [0.2, 0.25) is 0 Å². The van der Waals surface area contributed by atoms with Crippen molar-refractivity contribution in [3.63, 3.8) is 0 Å². The van der Waals surface area contributed by atoms with Crippen molar-refractivity contribution in [1.82, 2.24) is 0 Å². The number of hydrogen-bond acceptors (Lipinski definition) is 6. The summed E-state index contributed by atoms with van der Waals surface area (Å²) >= 11 is 6.23. The molecule has 3 atom stereocenters. The Labute approximate surface area is 211 Å². The Morgan fingerprint density at radius 2 is 1.64 bits per heavy atom. The van der Waals surface area contributed by atoms with E-state index in [1.165, 1.54) is 19.1 Å². The summed E-state index contributed by atoms with van der Waals surface area (Å²) in [5, 5.41) is 11.8. The van der Waals surface area contributed by atoms with E-state index in [9.17, 15) is 24.5 Å². The predicted octanol–water partition coefficient (Wildman–Crippen LogP) is 5.27. The third-order valence-corrected chi connectivity index (χ3v) is 7.88. The molecule has 1 fully saturated rings. The Morgan fingerprint density at radius 3 is 2.22 bits per heavy atom. The maximum atomic E-state index is 14.3. The van der Waals surface area contributed by atoms with E-state index in [-0.39, 0.29) is 23.0 Å². The minimum absolute atomic E-state index is 0.116. The zero-order valence-corrected chi connectivity index (χ0v) is 19.8. The number of carbonyl (C=O) groups excluding carboxylic acids is 3. The Hall–Kier alpha value is -4.10. The van der Waals surface area contributed by atoms with Gasteiger partial charge in [-0.1, -0.05) is 60.2 Å². The molecule has 7 nitrogen and oxygen atoms in total. The summed E-state index contributed by atoms with van der Waals surface area (Å²) in [6, 6.07) is 16.2. The van der Waals surface area contributed by atoms with Crippen LogP contribution < -0.4 is 4.90 Å². The quantitative estimate of drug-likeness (QED) is 0.277. The van der Waals surface area contributed by atoms with Gasteiger partial charge in [0.1, 0.15) is 5.41 Å². The van der Waals surface area contributed by atoms with Crippen molar-refractivity contribution in [1.29, 1.82) is 0 Å². The summed E-state index contributed by atoms with van der Waals surface area (Å²) < 4.78 is 0. The van der Waals surface area contributed by atoms with Gasteiger partial charge in [0, 0.05) is 39.9 Å². The molecule has 3 aromatic rings. The summed E-state index contributed by atoms with van der Waals surface area (Å²) in [6.45, 7) is 1.45. The van der Waals surface area contributed by atoms with Crippen molar-refractivity contribution in [3.05, 3.63) is 110 Å². The molecule has 1 spiro atoms. The molecule has 0 unspecified atom stereocenters. The Balaban J connectivity index is 1.66. The molecule has 3 aliphatic rings. The number of rotatable bonds is 3. The summed E-state index contributed by atoms with van der Waals surface area (Å²) in [7, 11) is 0. The molecule has 0 aromatic heterocycles. The lowest BCUT2D eigenvalue weighted by molar-refractivity contribution is -0.384. The largest absolute Gasteiger partial charge is 0.352 e. The minimum Gasteiger partial charge on any atom is -0.352 e. The SMILES string of the molecule is CC(=O)[C@@H]1[C@H](c2ccc([N+](=O)[O-])cc2)C2(C(=O)c3ccccc3C2=O)[C@H]2C=Cc3cc(Cl)ccc3N12. The number of carbonyl (C=O) groups is 3. The molecule has 6 rings (SSSR count). The van der Waals surface area contributed by atoms with Crippen LogP contribution in [0.5, 0.6) is 0 Å². The van der Waals surface area contributed by atoms with Crippen LogP contribution in [0.1, 0.15) is 44.7 Å². The first kappa shape index (κ1) is 22.4. The maximum absolute atomic E-state index is 14.3. The van der Waals surface area contributed by atoms with E-state index >= 15 is 0 Å². The lowest BCUT2D eigenvalue weighted by atomic mass is 9.64. The van der Waals surface area contributed by atoms with Crippen molar-refractivity contribution in [2.45, 2.75) is 24.9 Å². The van der Waals surface area contributed by atoms with Gasteiger partial charge >= 0.3 is 0 Å². The molecule has 0 N–H and O–H groups in total. The van der Waals surface area contributed by atoms with Crippen LogP contribution in [0.3, 0.4) is 0 Å². The van der Waals surface area contributed by atoms with Gasteiger partial charge in [-0.05, 0) is 36.2 Å². The standard InChI is InChI=1S/C28H19ClN2O5/c1-15(32)25-24(16-6-10-19(11-7-16)31(35)36)28(26(33)20-4-2-3-5-21(20)27(28)34)23-13-8-17-14-18(29)9-12-22(17)30(23)25/h2-14,23-25H,1H3/t23-,24+,25-/m1/s1. The van der Waals surface area contributed by atoms with Gasteiger partial charge in [0.25, 0.3) is 5.69 Å². The van der Waals surface area contributed by atoms with Crippen LogP contribution in [0.25, 0.3) is 6.08 Å². The number of benzene rings is 3. The van der Waals surface area contributed by atoms with Crippen molar-refractivity contribution in [2.24, 2.45) is 5.41 Å². The van der Waals surface area contributed by atoms with Crippen molar-refractivity contribution in [2.75, 3.05) is 4.90 Å². The normalized spacial score (nSPS) is 22.9. The lowest BCUT2D eigenvalue weighted by Gasteiger charge is -2.37. The smallest absolute Gasteiger partial charge is 0.269 e. The highest BCUT2D eigenvalue weighted by Crippen LogP contribution is 2.60. The molecule has 178 valence electrons. The number of nitro groups is 1. The molecule has 0 saturated carbocycles. The molecule has 1 aliphatic carbocycles. The second kappa shape index (κ2) is 7.70. The highest BCUT2D eigenvalue weighted by Gasteiger charge is 2.71. The molecular formula is C28H19ClN2O5.